The van der Waals surface area contributed by atoms with E-state index in [0.717, 1.165) is 12.0 Å². The second kappa shape index (κ2) is 11.5. The Kier molecular flexibility index (Phi) is 10.4. The quantitative estimate of drug-likeness (QED) is 0.506. The van der Waals surface area contributed by atoms with Crippen molar-refractivity contribution in [3.05, 3.63) is 0 Å². The molecule has 0 spiro atoms. The maximum atomic E-state index is 2.67. The molecule has 1 aliphatic heterocycles. The summed E-state index contributed by atoms with van der Waals surface area (Å²) in [6.07, 6.45) is 11.5. The maximum absolute atomic E-state index is 2.67. The largest absolute Gasteiger partial charge is 0.301 e. The van der Waals surface area contributed by atoms with Crippen molar-refractivity contribution in [2.75, 3.05) is 32.7 Å². The van der Waals surface area contributed by atoms with Gasteiger partial charge in [-0.25, -0.2) is 0 Å². The molecule has 1 aliphatic rings. The lowest BCUT2D eigenvalue weighted by Gasteiger charge is -2.36. The van der Waals surface area contributed by atoms with Gasteiger partial charge in [0.15, 0.2) is 0 Å². The minimum atomic E-state index is 0.725. The molecule has 1 rings (SSSR count). The highest BCUT2D eigenvalue weighted by molar-refractivity contribution is 4.74. The Labute approximate surface area is 134 Å². The van der Waals surface area contributed by atoms with Gasteiger partial charge in [-0.2, -0.15) is 0 Å². The summed E-state index contributed by atoms with van der Waals surface area (Å²) in [5, 5.41) is 0. The third-order valence-corrected chi connectivity index (χ3v) is 4.89. The SMILES string of the molecule is CC(C)CCCCCCCCCN1CCN(C(C)C)CC1. The van der Waals surface area contributed by atoms with E-state index < -0.39 is 0 Å². The molecular formula is C19H40N2. The van der Waals surface area contributed by atoms with E-state index in [4.69, 9.17) is 0 Å². The van der Waals surface area contributed by atoms with E-state index >= 15 is 0 Å². The smallest absolute Gasteiger partial charge is 0.0113 e. The highest BCUT2D eigenvalue weighted by Crippen LogP contribution is 2.13. The number of piperazine rings is 1. The third kappa shape index (κ3) is 9.52. The van der Waals surface area contributed by atoms with Crippen molar-refractivity contribution in [2.45, 2.75) is 85.1 Å². The third-order valence-electron chi connectivity index (χ3n) is 4.89. The summed E-state index contributed by atoms with van der Waals surface area (Å²) < 4.78 is 0. The first kappa shape index (κ1) is 19.0. The molecule has 2 nitrogen and oxygen atoms in total. The van der Waals surface area contributed by atoms with Crippen molar-refractivity contribution in [3.8, 4) is 0 Å². The second-order valence-electron chi connectivity index (χ2n) is 7.63. The first-order chi connectivity index (χ1) is 10.1. The van der Waals surface area contributed by atoms with Gasteiger partial charge in [0.05, 0.1) is 0 Å². The average Bonchev–Trinajstić information content (AvgIpc) is 2.45. The molecule has 126 valence electrons. The Morgan fingerprint density at radius 2 is 1.19 bits per heavy atom. The number of nitrogens with zero attached hydrogens (tertiary/aromatic N) is 2. The van der Waals surface area contributed by atoms with Gasteiger partial charge in [0.1, 0.15) is 0 Å². The molecule has 1 fully saturated rings. The van der Waals surface area contributed by atoms with Crippen molar-refractivity contribution < 1.29 is 0 Å². The second-order valence-corrected chi connectivity index (χ2v) is 7.63. The molecule has 0 aromatic carbocycles. The zero-order valence-corrected chi connectivity index (χ0v) is 15.2. The minimum Gasteiger partial charge on any atom is -0.301 e. The van der Waals surface area contributed by atoms with Crippen molar-refractivity contribution >= 4 is 0 Å². The van der Waals surface area contributed by atoms with Crippen molar-refractivity contribution in [2.24, 2.45) is 5.92 Å². The Bertz CT molecular complexity index is 230. The van der Waals surface area contributed by atoms with Gasteiger partial charge in [0.25, 0.3) is 0 Å². The lowest BCUT2D eigenvalue weighted by molar-refractivity contribution is 0.107. The summed E-state index contributed by atoms with van der Waals surface area (Å²) in [5.41, 5.74) is 0. The van der Waals surface area contributed by atoms with Crippen LogP contribution in [0.25, 0.3) is 0 Å². The molecule has 1 heterocycles. The molecule has 0 saturated carbocycles. The van der Waals surface area contributed by atoms with Crippen LogP contribution in [0.5, 0.6) is 0 Å². The molecule has 0 aromatic rings. The molecular weight excluding hydrogens is 256 g/mol. The van der Waals surface area contributed by atoms with Gasteiger partial charge in [-0.15, -0.1) is 0 Å². The predicted molar refractivity (Wildman–Crippen MR) is 94.9 cm³/mol. The monoisotopic (exact) mass is 296 g/mol. The predicted octanol–water partition coefficient (Wildman–Crippen LogP) is 4.79. The highest BCUT2D eigenvalue weighted by atomic mass is 15.3. The Hall–Kier alpha value is -0.0800. The van der Waals surface area contributed by atoms with Crippen molar-refractivity contribution in [3.63, 3.8) is 0 Å². The number of unbranched alkanes of at least 4 members (excludes halogenated alkanes) is 6. The lowest BCUT2D eigenvalue weighted by atomic mass is 10.0. The Balaban J connectivity index is 1.85. The summed E-state index contributed by atoms with van der Waals surface area (Å²) in [6, 6.07) is 0.725. The van der Waals surface area contributed by atoms with Crippen LogP contribution in [0.1, 0.15) is 79.1 Å². The Morgan fingerprint density at radius 1 is 0.667 bits per heavy atom. The molecule has 0 atom stereocenters. The Morgan fingerprint density at radius 3 is 1.71 bits per heavy atom. The van der Waals surface area contributed by atoms with Gasteiger partial charge in [-0.1, -0.05) is 58.8 Å². The number of rotatable bonds is 11. The molecule has 0 radical (unpaired) electrons. The van der Waals surface area contributed by atoms with Crippen LogP contribution in [-0.2, 0) is 0 Å². The summed E-state index contributed by atoms with van der Waals surface area (Å²) >= 11 is 0. The van der Waals surface area contributed by atoms with E-state index in [1.54, 1.807) is 0 Å². The minimum absolute atomic E-state index is 0.725. The average molecular weight is 297 g/mol. The summed E-state index contributed by atoms with van der Waals surface area (Å²) in [4.78, 5) is 5.27. The highest BCUT2D eigenvalue weighted by Gasteiger charge is 2.17. The fraction of sp³-hybridized carbons (Fsp3) is 1.00. The maximum Gasteiger partial charge on any atom is 0.0113 e. The van der Waals surface area contributed by atoms with Crippen LogP contribution in [0.4, 0.5) is 0 Å². The van der Waals surface area contributed by atoms with Crippen molar-refractivity contribution in [1.82, 2.24) is 9.80 Å². The zero-order valence-electron chi connectivity index (χ0n) is 15.2. The van der Waals surface area contributed by atoms with Gasteiger partial charge in [-0.3, -0.25) is 4.90 Å². The number of hydrogen-bond acceptors (Lipinski definition) is 2. The molecule has 1 saturated heterocycles. The first-order valence-corrected chi connectivity index (χ1v) is 9.56. The van der Waals surface area contributed by atoms with E-state index in [2.05, 4.69) is 37.5 Å². The van der Waals surface area contributed by atoms with E-state index in [1.807, 2.05) is 0 Å². The molecule has 0 amide bonds. The molecule has 2 heteroatoms. The van der Waals surface area contributed by atoms with Crippen LogP contribution in [0.3, 0.4) is 0 Å². The van der Waals surface area contributed by atoms with Gasteiger partial charge in [0, 0.05) is 32.2 Å². The summed E-state index contributed by atoms with van der Waals surface area (Å²) in [5.74, 6) is 0.890. The van der Waals surface area contributed by atoms with Gasteiger partial charge in [0.2, 0.25) is 0 Å². The van der Waals surface area contributed by atoms with E-state index in [1.165, 1.54) is 84.1 Å². The van der Waals surface area contributed by atoms with Crippen LogP contribution in [0.15, 0.2) is 0 Å². The van der Waals surface area contributed by atoms with Crippen LogP contribution < -0.4 is 0 Å². The van der Waals surface area contributed by atoms with Gasteiger partial charge in [-0.05, 0) is 32.7 Å². The fourth-order valence-corrected chi connectivity index (χ4v) is 3.28. The van der Waals surface area contributed by atoms with E-state index in [9.17, 15) is 0 Å². The molecule has 0 aromatic heterocycles. The normalized spacial score (nSPS) is 18.0. The molecule has 0 N–H and O–H groups in total. The van der Waals surface area contributed by atoms with Crippen molar-refractivity contribution in [1.29, 1.82) is 0 Å². The van der Waals surface area contributed by atoms with E-state index in [0.29, 0.717) is 0 Å². The molecule has 0 unspecified atom stereocenters. The van der Waals surface area contributed by atoms with Crippen LogP contribution in [0.2, 0.25) is 0 Å². The molecule has 0 aliphatic carbocycles. The summed E-state index contributed by atoms with van der Waals surface area (Å²) in [6.45, 7) is 15.7. The lowest BCUT2D eigenvalue weighted by Crippen LogP contribution is -2.48. The van der Waals surface area contributed by atoms with Crippen LogP contribution >= 0.6 is 0 Å². The van der Waals surface area contributed by atoms with Gasteiger partial charge < -0.3 is 4.90 Å². The zero-order chi connectivity index (χ0) is 15.5. The summed E-state index contributed by atoms with van der Waals surface area (Å²) in [7, 11) is 0. The standard InChI is InChI=1S/C19H40N2/c1-18(2)12-10-8-6-5-7-9-11-13-20-14-16-21(17-15-20)19(3)4/h18-19H,5-17H2,1-4H3. The number of hydrogen-bond donors (Lipinski definition) is 0. The molecule has 0 bridgehead atoms. The van der Waals surface area contributed by atoms with Gasteiger partial charge >= 0.3 is 0 Å². The first-order valence-electron chi connectivity index (χ1n) is 9.56. The molecule has 21 heavy (non-hydrogen) atoms. The van der Waals surface area contributed by atoms with E-state index in [-0.39, 0.29) is 0 Å². The van der Waals surface area contributed by atoms with Crippen LogP contribution in [-0.4, -0.2) is 48.6 Å². The fourth-order valence-electron chi connectivity index (χ4n) is 3.28. The topological polar surface area (TPSA) is 6.48 Å². The van der Waals surface area contributed by atoms with Crippen LogP contribution in [0, 0.1) is 5.92 Å².